The van der Waals surface area contributed by atoms with E-state index in [9.17, 15) is 19.6 Å². The topological polar surface area (TPSA) is 118 Å². The van der Waals surface area contributed by atoms with Crippen LogP contribution in [0, 0.1) is 22.7 Å². The van der Waals surface area contributed by atoms with E-state index in [4.69, 9.17) is 11.6 Å². The van der Waals surface area contributed by atoms with Gasteiger partial charge in [-0.1, -0.05) is 36.9 Å². The summed E-state index contributed by atoms with van der Waals surface area (Å²) in [5.74, 6) is -0.876. The lowest BCUT2D eigenvalue weighted by atomic mass is 9.72. The molecule has 3 aliphatic rings. The molecule has 1 aromatic carbocycles. The predicted molar refractivity (Wildman–Crippen MR) is 136 cm³/mol. The maximum atomic E-state index is 13.7. The second-order valence-electron chi connectivity index (χ2n) is 10.7. The number of aromatic amines is 1. The first kappa shape index (κ1) is 24.6. The SMILES string of the molecule is N#CC(CC1CCCNC1=O)NC(=O)C1CC2(CCCCC2)CN1C(=O)c1cc2ccc(Cl)cc2[nH]1. The number of hydrogen-bond acceptors (Lipinski definition) is 4. The van der Waals surface area contributed by atoms with Crippen molar-refractivity contribution >= 4 is 40.2 Å². The first-order valence-electron chi connectivity index (χ1n) is 12.9. The molecule has 9 heteroatoms. The van der Waals surface area contributed by atoms with Gasteiger partial charge in [0.15, 0.2) is 0 Å². The van der Waals surface area contributed by atoms with E-state index in [2.05, 4.69) is 21.7 Å². The van der Waals surface area contributed by atoms with Crippen molar-refractivity contribution in [3.05, 3.63) is 35.0 Å². The van der Waals surface area contributed by atoms with Crippen molar-refractivity contribution in [1.29, 1.82) is 5.26 Å². The Balaban J connectivity index is 1.36. The molecule has 3 fully saturated rings. The summed E-state index contributed by atoms with van der Waals surface area (Å²) in [7, 11) is 0. The molecule has 3 atom stereocenters. The van der Waals surface area contributed by atoms with Crippen molar-refractivity contribution in [3.63, 3.8) is 0 Å². The average molecular weight is 510 g/mol. The van der Waals surface area contributed by atoms with Crippen LogP contribution in [0.2, 0.25) is 5.02 Å². The molecule has 1 spiro atoms. The van der Waals surface area contributed by atoms with Crippen LogP contribution in [-0.2, 0) is 9.59 Å². The van der Waals surface area contributed by atoms with E-state index < -0.39 is 12.1 Å². The van der Waals surface area contributed by atoms with Gasteiger partial charge in [0.1, 0.15) is 17.8 Å². The van der Waals surface area contributed by atoms with Crippen LogP contribution in [0.5, 0.6) is 0 Å². The summed E-state index contributed by atoms with van der Waals surface area (Å²) in [5, 5.41) is 16.9. The summed E-state index contributed by atoms with van der Waals surface area (Å²) < 4.78 is 0. The monoisotopic (exact) mass is 509 g/mol. The fourth-order valence-electron chi connectivity index (χ4n) is 6.29. The van der Waals surface area contributed by atoms with Gasteiger partial charge in [0.25, 0.3) is 5.91 Å². The Morgan fingerprint density at radius 3 is 2.78 bits per heavy atom. The minimum Gasteiger partial charge on any atom is -0.356 e. The molecule has 5 rings (SSSR count). The number of carbonyl (C=O) groups excluding carboxylic acids is 3. The number of fused-ring (bicyclic) bond motifs is 1. The Hall–Kier alpha value is -3.05. The highest BCUT2D eigenvalue weighted by molar-refractivity contribution is 6.31. The van der Waals surface area contributed by atoms with Crippen LogP contribution < -0.4 is 10.6 Å². The van der Waals surface area contributed by atoms with Crippen molar-refractivity contribution in [1.82, 2.24) is 20.5 Å². The van der Waals surface area contributed by atoms with Crippen LogP contribution in [0.25, 0.3) is 10.9 Å². The van der Waals surface area contributed by atoms with Crippen LogP contribution in [0.1, 0.15) is 68.3 Å². The number of likely N-dealkylation sites (tertiary alicyclic amines) is 1. The molecule has 3 unspecified atom stereocenters. The van der Waals surface area contributed by atoms with Crippen LogP contribution in [-0.4, -0.2) is 52.8 Å². The van der Waals surface area contributed by atoms with Crippen molar-refractivity contribution < 1.29 is 14.4 Å². The van der Waals surface area contributed by atoms with Crippen LogP contribution in [0.15, 0.2) is 24.3 Å². The molecule has 190 valence electrons. The number of rotatable bonds is 5. The van der Waals surface area contributed by atoms with Gasteiger partial charge in [-0.15, -0.1) is 0 Å². The van der Waals surface area contributed by atoms with E-state index in [0.29, 0.717) is 36.6 Å². The highest BCUT2D eigenvalue weighted by Gasteiger charge is 2.49. The second-order valence-corrected chi connectivity index (χ2v) is 11.1. The zero-order valence-electron chi connectivity index (χ0n) is 20.3. The van der Waals surface area contributed by atoms with Crippen LogP contribution >= 0.6 is 11.6 Å². The van der Waals surface area contributed by atoms with E-state index in [1.807, 2.05) is 6.07 Å². The number of carbonyl (C=O) groups is 3. The molecular formula is C27H32ClN5O3. The normalized spacial score (nSPS) is 24.3. The molecule has 1 aliphatic carbocycles. The third kappa shape index (κ3) is 4.94. The summed E-state index contributed by atoms with van der Waals surface area (Å²) in [6.45, 7) is 1.18. The maximum Gasteiger partial charge on any atom is 0.271 e. The Labute approximate surface area is 215 Å². The van der Waals surface area contributed by atoms with E-state index in [0.717, 1.165) is 43.0 Å². The average Bonchev–Trinajstić information content (AvgIpc) is 3.46. The number of nitrogens with zero attached hydrogens (tertiary/aromatic N) is 2. The first-order chi connectivity index (χ1) is 17.4. The van der Waals surface area contributed by atoms with Gasteiger partial charge in [-0.3, -0.25) is 14.4 Å². The summed E-state index contributed by atoms with van der Waals surface area (Å²) in [6.07, 6.45) is 7.81. The van der Waals surface area contributed by atoms with E-state index >= 15 is 0 Å². The number of piperidine rings is 1. The molecule has 3 heterocycles. The number of nitrogens with one attached hydrogen (secondary N) is 3. The quantitative estimate of drug-likeness (QED) is 0.566. The zero-order valence-corrected chi connectivity index (χ0v) is 21.1. The molecule has 2 saturated heterocycles. The van der Waals surface area contributed by atoms with Gasteiger partial charge >= 0.3 is 0 Å². The molecule has 3 N–H and O–H groups in total. The highest BCUT2D eigenvalue weighted by Crippen LogP contribution is 2.46. The fourth-order valence-corrected chi connectivity index (χ4v) is 6.47. The van der Waals surface area contributed by atoms with Gasteiger partial charge in [0.2, 0.25) is 11.8 Å². The molecule has 2 aliphatic heterocycles. The van der Waals surface area contributed by atoms with Gasteiger partial charge in [0.05, 0.1) is 6.07 Å². The number of halogens is 1. The van der Waals surface area contributed by atoms with Crippen molar-refractivity contribution in [3.8, 4) is 6.07 Å². The number of nitriles is 1. The summed E-state index contributed by atoms with van der Waals surface area (Å²) in [6, 6.07) is 7.96. The predicted octanol–water partition coefficient (Wildman–Crippen LogP) is 3.91. The van der Waals surface area contributed by atoms with E-state index in [-0.39, 0.29) is 35.5 Å². The maximum absolute atomic E-state index is 13.7. The smallest absolute Gasteiger partial charge is 0.271 e. The van der Waals surface area contributed by atoms with E-state index in [1.54, 1.807) is 23.1 Å². The molecule has 0 bridgehead atoms. The van der Waals surface area contributed by atoms with Crippen LogP contribution in [0.3, 0.4) is 0 Å². The van der Waals surface area contributed by atoms with Crippen molar-refractivity contribution in [2.24, 2.45) is 11.3 Å². The highest BCUT2D eigenvalue weighted by atomic mass is 35.5. The van der Waals surface area contributed by atoms with Gasteiger partial charge in [-0.25, -0.2) is 0 Å². The molecule has 36 heavy (non-hydrogen) atoms. The van der Waals surface area contributed by atoms with E-state index in [1.165, 1.54) is 6.42 Å². The number of amides is 3. The summed E-state index contributed by atoms with van der Waals surface area (Å²) in [4.78, 5) is 44.3. The Kier molecular flexibility index (Phi) is 6.94. The van der Waals surface area contributed by atoms with Crippen LogP contribution in [0.4, 0.5) is 0 Å². The molecule has 8 nitrogen and oxygen atoms in total. The third-order valence-electron chi connectivity index (χ3n) is 8.19. The molecule has 0 radical (unpaired) electrons. The Morgan fingerprint density at radius 2 is 2.03 bits per heavy atom. The number of benzene rings is 1. The van der Waals surface area contributed by atoms with Gasteiger partial charge < -0.3 is 20.5 Å². The molecule has 2 aromatic rings. The standard InChI is InChI=1S/C27H32ClN5O3/c28-19-7-6-17-12-22(32-21(17)13-19)26(36)33-16-27(8-2-1-3-9-27)14-23(33)25(35)31-20(15-29)11-18-5-4-10-30-24(18)34/h6-7,12-13,18,20,23,32H,1-5,8-11,14,16H2,(H,30,34)(H,31,35). The zero-order chi connectivity index (χ0) is 25.3. The molecule has 1 saturated carbocycles. The largest absolute Gasteiger partial charge is 0.356 e. The minimum atomic E-state index is -0.776. The lowest BCUT2D eigenvalue weighted by molar-refractivity contribution is -0.128. The Morgan fingerprint density at radius 1 is 1.22 bits per heavy atom. The lowest BCUT2D eigenvalue weighted by Crippen LogP contribution is -2.49. The van der Waals surface area contributed by atoms with Gasteiger partial charge in [0, 0.05) is 34.9 Å². The first-order valence-corrected chi connectivity index (χ1v) is 13.3. The number of aromatic nitrogens is 1. The lowest BCUT2D eigenvalue weighted by Gasteiger charge is -2.32. The summed E-state index contributed by atoms with van der Waals surface area (Å²) >= 11 is 6.12. The van der Waals surface area contributed by atoms with Gasteiger partial charge in [-0.2, -0.15) is 5.26 Å². The van der Waals surface area contributed by atoms with Crippen molar-refractivity contribution in [2.75, 3.05) is 13.1 Å². The molecular weight excluding hydrogens is 478 g/mol. The molecule has 3 amide bonds. The second kappa shape index (κ2) is 10.1. The third-order valence-corrected chi connectivity index (χ3v) is 8.43. The van der Waals surface area contributed by atoms with Crippen molar-refractivity contribution in [2.45, 2.75) is 69.9 Å². The Bertz CT molecular complexity index is 1210. The summed E-state index contributed by atoms with van der Waals surface area (Å²) in [5.41, 5.74) is 1.12. The minimum absolute atomic E-state index is 0.0616. The number of hydrogen-bond donors (Lipinski definition) is 3. The fraction of sp³-hybridized carbons (Fsp3) is 0.556. The number of H-pyrrole nitrogens is 1. The molecule has 1 aromatic heterocycles. The van der Waals surface area contributed by atoms with Gasteiger partial charge in [-0.05, 0) is 62.1 Å².